The third-order valence-corrected chi connectivity index (χ3v) is 4.27. The predicted molar refractivity (Wildman–Crippen MR) is 93.7 cm³/mol. The van der Waals surface area contributed by atoms with Crippen LogP contribution < -0.4 is 10.1 Å². The maximum absolute atomic E-state index is 12.3. The molecule has 0 atom stereocenters. The van der Waals surface area contributed by atoms with Crippen LogP contribution in [0.25, 0.3) is 10.6 Å². The maximum atomic E-state index is 12.3. The van der Waals surface area contributed by atoms with E-state index in [0.717, 1.165) is 10.6 Å². The first-order valence-corrected chi connectivity index (χ1v) is 8.34. The van der Waals surface area contributed by atoms with Gasteiger partial charge in [-0.3, -0.25) is 10.1 Å². The van der Waals surface area contributed by atoms with E-state index in [1.807, 2.05) is 19.1 Å². The number of carbonyl (C=O) groups is 1. The van der Waals surface area contributed by atoms with Gasteiger partial charge in [0.05, 0.1) is 12.8 Å². The number of anilines is 1. The summed E-state index contributed by atoms with van der Waals surface area (Å²) in [6.45, 7) is 2.35. The molecule has 0 aliphatic carbocycles. The monoisotopic (exact) mass is 360 g/mol. The standard InChI is InChI=1S/C16H13ClN4O2S/c1-2-23-13-7-8-18-16(20-13)21-14(22)12-9-19-15(24-12)10-3-5-11(17)6-4-10/h3-9H,2H2,1H3,(H,18,20,21,22). The van der Waals surface area contributed by atoms with Gasteiger partial charge in [-0.1, -0.05) is 23.7 Å². The van der Waals surface area contributed by atoms with Gasteiger partial charge in [0, 0.05) is 22.8 Å². The number of benzene rings is 1. The number of nitrogens with zero attached hydrogens (tertiary/aromatic N) is 3. The summed E-state index contributed by atoms with van der Waals surface area (Å²) >= 11 is 7.16. The van der Waals surface area contributed by atoms with Crippen molar-refractivity contribution in [3.63, 3.8) is 0 Å². The zero-order chi connectivity index (χ0) is 16.9. The van der Waals surface area contributed by atoms with Crippen LogP contribution in [0.1, 0.15) is 16.6 Å². The molecule has 3 rings (SSSR count). The van der Waals surface area contributed by atoms with Gasteiger partial charge in [-0.05, 0) is 19.1 Å². The van der Waals surface area contributed by atoms with Gasteiger partial charge in [-0.2, -0.15) is 4.98 Å². The number of halogens is 1. The molecule has 2 heterocycles. The van der Waals surface area contributed by atoms with Gasteiger partial charge in [0.25, 0.3) is 5.91 Å². The SMILES string of the molecule is CCOc1ccnc(NC(=O)c2cnc(-c3ccc(Cl)cc3)s2)n1. The number of carbonyl (C=O) groups excluding carboxylic acids is 1. The van der Waals surface area contributed by atoms with Crippen molar-refractivity contribution in [1.29, 1.82) is 0 Å². The van der Waals surface area contributed by atoms with Crippen LogP contribution in [0.5, 0.6) is 5.88 Å². The molecule has 0 saturated heterocycles. The van der Waals surface area contributed by atoms with Crippen LogP contribution >= 0.6 is 22.9 Å². The zero-order valence-electron chi connectivity index (χ0n) is 12.7. The second kappa shape index (κ2) is 7.37. The summed E-state index contributed by atoms with van der Waals surface area (Å²) in [4.78, 5) is 25.2. The number of thiazole rings is 1. The number of nitrogens with one attached hydrogen (secondary N) is 1. The molecule has 1 amide bonds. The van der Waals surface area contributed by atoms with E-state index in [1.165, 1.54) is 23.7 Å². The lowest BCUT2D eigenvalue weighted by Crippen LogP contribution is -2.13. The van der Waals surface area contributed by atoms with E-state index >= 15 is 0 Å². The maximum Gasteiger partial charge on any atom is 0.269 e. The number of aromatic nitrogens is 3. The molecule has 6 nitrogen and oxygen atoms in total. The van der Waals surface area contributed by atoms with Crippen LogP contribution in [0.15, 0.2) is 42.7 Å². The lowest BCUT2D eigenvalue weighted by Gasteiger charge is -2.04. The Morgan fingerprint density at radius 2 is 2.04 bits per heavy atom. The lowest BCUT2D eigenvalue weighted by atomic mass is 10.2. The summed E-state index contributed by atoms with van der Waals surface area (Å²) in [6, 6.07) is 8.91. The molecule has 1 N–H and O–H groups in total. The number of ether oxygens (including phenoxy) is 1. The van der Waals surface area contributed by atoms with Crippen LogP contribution in [0.2, 0.25) is 5.02 Å². The van der Waals surface area contributed by atoms with E-state index in [2.05, 4.69) is 20.3 Å². The zero-order valence-corrected chi connectivity index (χ0v) is 14.3. The Hall–Kier alpha value is -2.51. The average molecular weight is 361 g/mol. The minimum Gasteiger partial charge on any atom is -0.478 e. The highest BCUT2D eigenvalue weighted by molar-refractivity contribution is 7.17. The van der Waals surface area contributed by atoms with Crippen molar-refractivity contribution in [1.82, 2.24) is 15.0 Å². The fraction of sp³-hybridized carbons (Fsp3) is 0.125. The second-order valence-electron chi connectivity index (χ2n) is 4.64. The quantitative estimate of drug-likeness (QED) is 0.746. The molecule has 122 valence electrons. The fourth-order valence-corrected chi connectivity index (χ4v) is 2.84. The smallest absolute Gasteiger partial charge is 0.269 e. The summed E-state index contributed by atoms with van der Waals surface area (Å²) in [5.74, 6) is 0.280. The molecule has 0 spiro atoms. The lowest BCUT2D eigenvalue weighted by molar-refractivity contribution is 0.102. The average Bonchev–Trinajstić information content (AvgIpc) is 3.06. The normalized spacial score (nSPS) is 10.4. The molecule has 0 fully saturated rings. The van der Waals surface area contributed by atoms with Crippen LogP contribution in [-0.2, 0) is 0 Å². The van der Waals surface area contributed by atoms with Crippen molar-refractivity contribution >= 4 is 34.8 Å². The van der Waals surface area contributed by atoms with Crippen molar-refractivity contribution in [2.75, 3.05) is 11.9 Å². The molecule has 24 heavy (non-hydrogen) atoms. The number of amides is 1. The van der Waals surface area contributed by atoms with E-state index in [0.29, 0.717) is 22.4 Å². The van der Waals surface area contributed by atoms with Gasteiger partial charge in [0.2, 0.25) is 11.8 Å². The molecule has 0 unspecified atom stereocenters. The van der Waals surface area contributed by atoms with Gasteiger partial charge < -0.3 is 4.74 Å². The summed E-state index contributed by atoms with van der Waals surface area (Å²) < 4.78 is 5.28. The minimum atomic E-state index is -0.318. The highest BCUT2D eigenvalue weighted by Gasteiger charge is 2.13. The molecular formula is C16H13ClN4O2S. The van der Waals surface area contributed by atoms with Crippen molar-refractivity contribution in [3.8, 4) is 16.5 Å². The van der Waals surface area contributed by atoms with Gasteiger partial charge in [-0.25, -0.2) is 9.97 Å². The third kappa shape index (κ3) is 3.87. The molecule has 0 aliphatic heterocycles. The van der Waals surface area contributed by atoms with Crippen molar-refractivity contribution < 1.29 is 9.53 Å². The molecule has 8 heteroatoms. The van der Waals surface area contributed by atoms with E-state index in [-0.39, 0.29) is 11.9 Å². The Morgan fingerprint density at radius 1 is 1.25 bits per heavy atom. The number of hydrogen-bond donors (Lipinski definition) is 1. The highest BCUT2D eigenvalue weighted by Crippen LogP contribution is 2.26. The summed E-state index contributed by atoms with van der Waals surface area (Å²) in [7, 11) is 0. The predicted octanol–water partition coefficient (Wildman–Crippen LogP) is 3.90. The van der Waals surface area contributed by atoms with Crippen molar-refractivity contribution in [2.45, 2.75) is 6.92 Å². The van der Waals surface area contributed by atoms with Gasteiger partial charge in [0.15, 0.2) is 0 Å². The molecule has 0 bridgehead atoms. The molecule has 0 radical (unpaired) electrons. The fourth-order valence-electron chi connectivity index (χ4n) is 1.90. The van der Waals surface area contributed by atoms with Crippen molar-refractivity contribution in [2.24, 2.45) is 0 Å². The Labute approximate surface area is 147 Å². The Morgan fingerprint density at radius 3 is 2.79 bits per heavy atom. The van der Waals surface area contributed by atoms with Gasteiger partial charge >= 0.3 is 0 Å². The van der Waals surface area contributed by atoms with E-state index in [9.17, 15) is 4.79 Å². The molecule has 0 saturated carbocycles. The van der Waals surface area contributed by atoms with Crippen LogP contribution in [0.4, 0.5) is 5.95 Å². The molecule has 1 aromatic carbocycles. The highest BCUT2D eigenvalue weighted by atomic mass is 35.5. The van der Waals surface area contributed by atoms with Crippen LogP contribution in [-0.4, -0.2) is 27.5 Å². The van der Waals surface area contributed by atoms with E-state index in [4.69, 9.17) is 16.3 Å². The molecule has 2 aromatic heterocycles. The second-order valence-corrected chi connectivity index (χ2v) is 6.11. The topological polar surface area (TPSA) is 77.0 Å². The molecule has 3 aromatic rings. The summed E-state index contributed by atoms with van der Waals surface area (Å²) in [5, 5.41) is 4.03. The first-order chi connectivity index (χ1) is 11.7. The van der Waals surface area contributed by atoms with Gasteiger partial charge in [-0.15, -0.1) is 11.3 Å². The number of hydrogen-bond acceptors (Lipinski definition) is 6. The van der Waals surface area contributed by atoms with Crippen LogP contribution in [0.3, 0.4) is 0 Å². The number of rotatable bonds is 5. The summed E-state index contributed by atoms with van der Waals surface area (Å²) in [5.41, 5.74) is 0.901. The van der Waals surface area contributed by atoms with E-state index < -0.39 is 0 Å². The Balaban J connectivity index is 1.74. The largest absolute Gasteiger partial charge is 0.478 e. The third-order valence-electron chi connectivity index (χ3n) is 2.97. The molecular weight excluding hydrogens is 348 g/mol. The first kappa shape index (κ1) is 16.4. The van der Waals surface area contributed by atoms with Gasteiger partial charge in [0.1, 0.15) is 9.88 Å². The first-order valence-electron chi connectivity index (χ1n) is 7.14. The Kier molecular flexibility index (Phi) is 5.02. The van der Waals surface area contributed by atoms with Crippen molar-refractivity contribution in [3.05, 3.63) is 52.6 Å². The summed E-state index contributed by atoms with van der Waals surface area (Å²) in [6.07, 6.45) is 3.05. The minimum absolute atomic E-state index is 0.187. The Bertz CT molecular complexity index is 851. The van der Waals surface area contributed by atoms with Crippen LogP contribution in [0, 0.1) is 0 Å². The molecule has 0 aliphatic rings. The van der Waals surface area contributed by atoms with E-state index in [1.54, 1.807) is 18.2 Å².